The number of benzene rings is 4. The highest BCUT2D eigenvalue weighted by Gasteiger charge is 2.47. The Morgan fingerprint density at radius 1 is 0.595 bits per heavy atom. The topological polar surface area (TPSA) is 203 Å². The molecule has 0 aliphatic carbocycles. The zero-order valence-corrected chi connectivity index (χ0v) is 41.3. The maximum atomic E-state index is 12.9. The number of nitrogens with zero attached hydrogens (tertiary/aromatic N) is 4. The van der Waals surface area contributed by atoms with Crippen molar-refractivity contribution in [2.75, 3.05) is 22.7 Å². The summed E-state index contributed by atoms with van der Waals surface area (Å²) >= 11 is 3.02. The fraction of sp³-hybridized carbons (Fsp3) is 0.200. The SMILES string of the molecule is O=S(=O)(Nc1ccccc1-c1ccc2c(c1)OCC(Cc1ccc(-c3cscn3)cn1)C2O)C(F)(F)F.O=S(=O)(Nc1ccccc1-c1ccc2c(c1)OCC(Cc1ccc(-c3nccs3)cn1)C2O)C(F)(F)F. The summed E-state index contributed by atoms with van der Waals surface area (Å²) in [6.45, 7) is 0.408. The molecule has 0 saturated heterocycles. The van der Waals surface area contributed by atoms with Crippen molar-refractivity contribution in [1.29, 1.82) is 0 Å². The highest BCUT2D eigenvalue weighted by Crippen LogP contribution is 2.43. The zero-order chi connectivity index (χ0) is 52.4. The number of nitrogens with one attached hydrogen (secondary N) is 2. The molecule has 0 radical (unpaired) electrons. The number of thiazole rings is 2. The second-order valence-electron chi connectivity index (χ2n) is 16.9. The minimum atomic E-state index is -5.59. The number of sulfonamides is 2. The molecule has 4 atom stereocenters. The van der Waals surface area contributed by atoms with Crippen molar-refractivity contribution < 1.29 is 62.9 Å². The normalized spacial score (nSPS) is 17.6. The monoisotopic (exact) mass is 1090 g/mol. The van der Waals surface area contributed by atoms with E-state index in [1.54, 1.807) is 82.1 Å². The number of hydrogen-bond acceptors (Lipinski definition) is 14. The molecule has 0 fully saturated rings. The van der Waals surface area contributed by atoms with E-state index in [1.165, 1.54) is 59.1 Å². The predicted octanol–water partition coefficient (Wildman–Crippen LogP) is 10.8. The van der Waals surface area contributed by atoms with Gasteiger partial charge in [-0.3, -0.25) is 19.4 Å². The maximum Gasteiger partial charge on any atom is 0.516 e. The zero-order valence-electron chi connectivity index (χ0n) is 38.0. The molecule has 2 aliphatic rings. The number of halogens is 6. The first-order valence-electron chi connectivity index (χ1n) is 22.2. The number of fused-ring (bicyclic) bond motifs is 2. The van der Waals surface area contributed by atoms with Gasteiger partial charge in [0.25, 0.3) is 0 Å². The summed E-state index contributed by atoms with van der Waals surface area (Å²) < 4.78 is 139. The first kappa shape index (κ1) is 51.9. The van der Waals surface area contributed by atoms with E-state index in [2.05, 4.69) is 19.9 Å². The van der Waals surface area contributed by atoms with Gasteiger partial charge in [-0.15, -0.1) is 22.7 Å². The largest absolute Gasteiger partial charge is 0.516 e. The summed E-state index contributed by atoms with van der Waals surface area (Å²) in [4.78, 5) is 17.5. The molecule has 0 amide bonds. The molecule has 0 bridgehead atoms. The Morgan fingerprint density at radius 3 is 1.49 bits per heavy atom. The fourth-order valence-corrected chi connectivity index (χ4v) is 10.6. The molecule has 2 aliphatic heterocycles. The summed E-state index contributed by atoms with van der Waals surface area (Å²) in [6.07, 6.45) is 4.46. The third-order valence-electron chi connectivity index (χ3n) is 12.0. The number of ether oxygens (including phenoxy) is 2. The number of aliphatic hydroxyl groups is 2. The molecule has 4 unspecified atom stereocenters. The molecule has 0 saturated carbocycles. The number of anilines is 2. The molecule has 4 aromatic heterocycles. The van der Waals surface area contributed by atoms with Crippen LogP contribution < -0.4 is 18.9 Å². The van der Waals surface area contributed by atoms with Crippen LogP contribution in [0.5, 0.6) is 11.5 Å². The van der Waals surface area contributed by atoms with Crippen molar-refractivity contribution in [3.05, 3.63) is 167 Å². The predicted molar refractivity (Wildman–Crippen MR) is 267 cm³/mol. The van der Waals surface area contributed by atoms with Crippen LogP contribution >= 0.6 is 22.7 Å². The van der Waals surface area contributed by atoms with Crippen LogP contribution in [0.25, 0.3) is 44.1 Å². The van der Waals surface area contributed by atoms with Crippen LogP contribution in [0.3, 0.4) is 0 Å². The lowest BCUT2D eigenvalue weighted by atomic mass is 9.88. The molecule has 4 aromatic carbocycles. The van der Waals surface area contributed by atoms with Gasteiger partial charge in [0.15, 0.2) is 0 Å². The number of aromatic nitrogens is 4. The lowest BCUT2D eigenvalue weighted by Gasteiger charge is -2.30. The van der Waals surface area contributed by atoms with Gasteiger partial charge in [0.1, 0.15) is 16.5 Å². The Kier molecular flexibility index (Phi) is 14.8. The molecule has 10 rings (SSSR count). The van der Waals surface area contributed by atoms with Gasteiger partial charge in [0, 0.05) is 86.0 Å². The molecular weight excluding hydrogens is 1050 g/mol. The summed E-state index contributed by atoms with van der Waals surface area (Å²) in [7, 11) is -11.2. The number of para-hydroxylation sites is 2. The number of hydrogen-bond donors (Lipinski definition) is 4. The molecule has 14 nitrogen and oxygen atoms in total. The van der Waals surface area contributed by atoms with E-state index in [1.807, 2.05) is 35.0 Å². The van der Waals surface area contributed by atoms with Crippen LogP contribution in [0.4, 0.5) is 37.7 Å². The summed E-state index contributed by atoms with van der Waals surface area (Å²) in [5, 5.41) is 26.7. The average molecular weight is 1100 g/mol. The van der Waals surface area contributed by atoms with Gasteiger partial charge >= 0.3 is 31.1 Å². The Hall–Kier alpha value is -6.96. The van der Waals surface area contributed by atoms with Crippen LogP contribution in [0.1, 0.15) is 34.7 Å². The van der Waals surface area contributed by atoms with E-state index in [0.29, 0.717) is 46.6 Å². The minimum absolute atomic E-state index is 0.204. The van der Waals surface area contributed by atoms with Crippen molar-refractivity contribution in [3.8, 4) is 55.6 Å². The van der Waals surface area contributed by atoms with Crippen molar-refractivity contribution in [2.24, 2.45) is 11.8 Å². The third-order valence-corrected chi connectivity index (χ3v) is 15.6. The van der Waals surface area contributed by atoms with Crippen molar-refractivity contribution in [2.45, 2.75) is 36.1 Å². The van der Waals surface area contributed by atoms with Gasteiger partial charge in [0.05, 0.1) is 48.0 Å². The molecule has 4 N–H and O–H groups in total. The third kappa shape index (κ3) is 11.4. The Bertz CT molecular complexity index is 3250. The van der Waals surface area contributed by atoms with Crippen LogP contribution in [0, 0.1) is 11.8 Å². The smallest absolute Gasteiger partial charge is 0.493 e. The van der Waals surface area contributed by atoms with E-state index < -0.39 is 43.3 Å². The quantitative estimate of drug-likeness (QED) is 0.0845. The first-order chi connectivity index (χ1) is 35.2. The summed E-state index contributed by atoms with van der Waals surface area (Å²) in [6, 6.07) is 28.8. The summed E-state index contributed by atoms with van der Waals surface area (Å²) in [5.41, 5.74) is -2.93. The number of alkyl halides is 6. The number of aliphatic hydroxyl groups excluding tert-OH is 2. The second-order valence-corrected chi connectivity index (χ2v) is 21.9. The van der Waals surface area contributed by atoms with E-state index in [4.69, 9.17) is 9.47 Å². The number of rotatable bonds is 12. The second kappa shape index (κ2) is 21.1. The highest BCUT2D eigenvalue weighted by atomic mass is 32.2. The van der Waals surface area contributed by atoms with Gasteiger partial charge in [-0.05, 0) is 72.5 Å². The minimum Gasteiger partial charge on any atom is -0.493 e. The lowest BCUT2D eigenvalue weighted by molar-refractivity contribution is -0.0435. The molecule has 8 aromatic rings. The van der Waals surface area contributed by atoms with E-state index >= 15 is 0 Å². The molecular formula is C50H40F6N6O8S4. The van der Waals surface area contributed by atoms with Crippen molar-refractivity contribution in [3.63, 3.8) is 0 Å². The van der Waals surface area contributed by atoms with E-state index in [0.717, 1.165) is 33.2 Å². The van der Waals surface area contributed by atoms with Crippen LogP contribution in [-0.4, -0.2) is 71.2 Å². The highest BCUT2D eigenvalue weighted by molar-refractivity contribution is 7.93. The van der Waals surface area contributed by atoms with Gasteiger partial charge in [-0.25, -0.2) is 9.97 Å². The van der Waals surface area contributed by atoms with Crippen LogP contribution in [0.2, 0.25) is 0 Å². The van der Waals surface area contributed by atoms with E-state index in [9.17, 15) is 53.4 Å². The van der Waals surface area contributed by atoms with Gasteiger partial charge in [-0.2, -0.15) is 43.2 Å². The fourth-order valence-electron chi connectivity index (χ4n) is 8.25. The first-order valence-corrected chi connectivity index (χ1v) is 27.0. The van der Waals surface area contributed by atoms with E-state index in [-0.39, 0.29) is 47.6 Å². The number of pyridine rings is 2. The Morgan fingerprint density at radius 2 is 1.07 bits per heavy atom. The molecule has 24 heteroatoms. The van der Waals surface area contributed by atoms with Crippen LogP contribution in [-0.2, 0) is 32.9 Å². The van der Waals surface area contributed by atoms with Gasteiger partial charge < -0.3 is 19.7 Å². The molecule has 384 valence electrons. The standard InChI is InChI=1S/2C25H20F3N3O4S2/c26-25(27,28)37(33,34)31-21-4-2-1-3-19(21)15-6-8-20-23(10-15)35-12-17(24(20)32)9-18-7-5-16(11-29-18)22-13-36-14-30-22;26-25(27,28)37(33,34)31-21-4-2-1-3-19(21)15-6-8-20-22(12-15)35-14-17(23(20)32)11-18-7-5-16(13-30-18)24-29-9-10-36-24/h1-8,10-11,13-14,17,24,31-32H,9,12H2;1-10,12-13,17,23,31-32H,11,14H2. The lowest BCUT2D eigenvalue weighted by Crippen LogP contribution is -2.30. The summed E-state index contributed by atoms with van der Waals surface area (Å²) in [5.74, 6) is 0.229. The average Bonchev–Trinajstić information content (AvgIpc) is 4.13. The van der Waals surface area contributed by atoms with Crippen molar-refractivity contribution >= 4 is 54.1 Å². The maximum absolute atomic E-state index is 12.9. The molecule has 0 spiro atoms. The van der Waals surface area contributed by atoms with Crippen LogP contribution in [0.15, 0.2) is 144 Å². The Labute approximate surface area is 427 Å². The van der Waals surface area contributed by atoms with Gasteiger partial charge in [-0.1, -0.05) is 60.7 Å². The Balaban J connectivity index is 0.000000182. The molecule has 74 heavy (non-hydrogen) atoms. The molecule has 6 heterocycles. The van der Waals surface area contributed by atoms with Gasteiger partial charge in [0.2, 0.25) is 0 Å². The van der Waals surface area contributed by atoms with Crippen molar-refractivity contribution in [1.82, 2.24) is 19.9 Å².